The van der Waals surface area contributed by atoms with Crippen molar-refractivity contribution in [2.45, 2.75) is 26.3 Å². The van der Waals surface area contributed by atoms with Crippen LogP contribution >= 0.6 is 0 Å². The summed E-state index contributed by atoms with van der Waals surface area (Å²) in [5.41, 5.74) is 0. The van der Waals surface area contributed by atoms with Gasteiger partial charge >= 0.3 is 5.97 Å². The Kier molecular flexibility index (Phi) is 5.05. The number of ether oxygens (including phenoxy) is 1. The highest BCUT2D eigenvalue weighted by atomic mass is 16.5. The normalized spacial score (nSPS) is 22.3. The number of rotatable bonds is 5. The molecule has 1 aliphatic heterocycles. The van der Waals surface area contributed by atoms with E-state index in [-0.39, 0.29) is 5.97 Å². The lowest BCUT2D eigenvalue weighted by Crippen LogP contribution is -2.38. The average Bonchev–Trinajstić information content (AvgIpc) is 2.68. The molecule has 0 radical (unpaired) electrons. The van der Waals surface area contributed by atoms with Gasteiger partial charge in [-0.15, -0.1) is 0 Å². The summed E-state index contributed by atoms with van der Waals surface area (Å²) in [5.74, 6) is -0.129. The van der Waals surface area contributed by atoms with Crippen LogP contribution in [0.25, 0.3) is 0 Å². The molecule has 4 nitrogen and oxygen atoms in total. The van der Waals surface area contributed by atoms with Gasteiger partial charge in [0.05, 0.1) is 13.7 Å². The van der Waals surface area contributed by atoms with E-state index in [0.29, 0.717) is 12.6 Å². The Morgan fingerprint density at radius 3 is 2.67 bits per heavy atom. The van der Waals surface area contributed by atoms with Crippen LogP contribution < -0.4 is 0 Å². The zero-order chi connectivity index (χ0) is 11.3. The molecule has 88 valence electrons. The minimum Gasteiger partial charge on any atom is -0.468 e. The maximum absolute atomic E-state index is 11.1. The Bertz CT molecular complexity index is 205. The Labute approximate surface area is 92.2 Å². The summed E-state index contributed by atoms with van der Waals surface area (Å²) in [7, 11) is 1.44. The number of likely N-dealkylation sites (N-methyl/N-ethyl adjacent to an activating group) is 1. The van der Waals surface area contributed by atoms with E-state index in [9.17, 15) is 4.79 Å². The molecule has 0 aromatic carbocycles. The quantitative estimate of drug-likeness (QED) is 0.627. The van der Waals surface area contributed by atoms with Crippen LogP contribution in [-0.2, 0) is 9.53 Å². The van der Waals surface area contributed by atoms with Crippen molar-refractivity contribution in [3.8, 4) is 0 Å². The summed E-state index contributed by atoms with van der Waals surface area (Å²) in [6, 6.07) is 0.615. The van der Waals surface area contributed by atoms with E-state index in [1.807, 2.05) is 0 Å². The van der Waals surface area contributed by atoms with Gasteiger partial charge in [-0.1, -0.05) is 13.8 Å². The fourth-order valence-corrected chi connectivity index (χ4v) is 2.24. The molecule has 0 aromatic rings. The van der Waals surface area contributed by atoms with E-state index < -0.39 is 0 Å². The van der Waals surface area contributed by atoms with Gasteiger partial charge in [0, 0.05) is 19.1 Å². The molecule has 0 aliphatic carbocycles. The molecule has 15 heavy (non-hydrogen) atoms. The lowest BCUT2D eigenvalue weighted by molar-refractivity contribution is -0.141. The van der Waals surface area contributed by atoms with Gasteiger partial charge in [0.25, 0.3) is 0 Å². The van der Waals surface area contributed by atoms with E-state index in [0.717, 1.165) is 26.2 Å². The molecule has 1 saturated heterocycles. The van der Waals surface area contributed by atoms with Crippen molar-refractivity contribution in [2.24, 2.45) is 0 Å². The van der Waals surface area contributed by atoms with Crippen LogP contribution in [0.4, 0.5) is 0 Å². The summed E-state index contributed by atoms with van der Waals surface area (Å²) >= 11 is 0. The molecule has 1 heterocycles. The van der Waals surface area contributed by atoms with Gasteiger partial charge in [-0.25, -0.2) is 0 Å². The van der Waals surface area contributed by atoms with E-state index in [4.69, 9.17) is 0 Å². The Balaban J connectivity index is 2.34. The SMILES string of the molecule is CCN(CC)C1CCN(CC(=O)OC)C1. The third-order valence-corrected chi connectivity index (χ3v) is 3.16. The van der Waals surface area contributed by atoms with E-state index in [2.05, 4.69) is 28.4 Å². The third kappa shape index (κ3) is 3.47. The first-order valence-corrected chi connectivity index (χ1v) is 5.74. The minimum absolute atomic E-state index is 0.129. The molecule has 1 unspecified atom stereocenters. The van der Waals surface area contributed by atoms with Crippen molar-refractivity contribution in [3.63, 3.8) is 0 Å². The summed E-state index contributed by atoms with van der Waals surface area (Å²) < 4.78 is 4.67. The summed E-state index contributed by atoms with van der Waals surface area (Å²) in [4.78, 5) is 15.7. The molecule has 1 fully saturated rings. The van der Waals surface area contributed by atoms with Gasteiger partial charge < -0.3 is 4.74 Å². The highest BCUT2D eigenvalue weighted by Crippen LogP contribution is 2.14. The van der Waals surface area contributed by atoms with Crippen molar-refractivity contribution in [1.82, 2.24) is 9.80 Å². The highest BCUT2D eigenvalue weighted by molar-refractivity contribution is 5.71. The molecule has 0 N–H and O–H groups in total. The first-order valence-electron chi connectivity index (χ1n) is 5.74. The lowest BCUT2D eigenvalue weighted by atomic mass is 10.2. The Hall–Kier alpha value is -0.610. The second-order valence-electron chi connectivity index (χ2n) is 3.97. The number of esters is 1. The van der Waals surface area contributed by atoms with Crippen LogP contribution in [0, 0.1) is 0 Å². The van der Waals surface area contributed by atoms with Crippen molar-refractivity contribution in [1.29, 1.82) is 0 Å². The van der Waals surface area contributed by atoms with Gasteiger partial charge in [0.2, 0.25) is 0 Å². The Morgan fingerprint density at radius 1 is 1.47 bits per heavy atom. The molecule has 0 bridgehead atoms. The second-order valence-corrected chi connectivity index (χ2v) is 3.97. The smallest absolute Gasteiger partial charge is 0.319 e. The topological polar surface area (TPSA) is 32.8 Å². The molecule has 0 spiro atoms. The first kappa shape index (κ1) is 12.5. The number of methoxy groups -OCH3 is 1. The predicted molar refractivity (Wildman–Crippen MR) is 59.8 cm³/mol. The van der Waals surface area contributed by atoms with Gasteiger partial charge in [-0.3, -0.25) is 14.6 Å². The summed E-state index contributed by atoms with van der Waals surface area (Å²) in [6.07, 6.45) is 1.17. The van der Waals surface area contributed by atoms with E-state index in [1.54, 1.807) is 0 Å². The summed E-state index contributed by atoms with van der Waals surface area (Å²) in [6.45, 7) is 9.00. The van der Waals surface area contributed by atoms with Gasteiger partial charge in [0.15, 0.2) is 0 Å². The van der Waals surface area contributed by atoms with Crippen LogP contribution in [-0.4, -0.2) is 61.6 Å². The minimum atomic E-state index is -0.129. The monoisotopic (exact) mass is 214 g/mol. The highest BCUT2D eigenvalue weighted by Gasteiger charge is 2.27. The zero-order valence-electron chi connectivity index (χ0n) is 10.0. The van der Waals surface area contributed by atoms with E-state index in [1.165, 1.54) is 13.5 Å². The van der Waals surface area contributed by atoms with Gasteiger partial charge in [-0.2, -0.15) is 0 Å². The fourth-order valence-electron chi connectivity index (χ4n) is 2.24. The number of carbonyl (C=O) groups is 1. The molecule has 4 heteroatoms. The molecule has 0 aromatic heterocycles. The van der Waals surface area contributed by atoms with Crippen LogP contribution in [0.2, 0.25) is 0 Å². The van der Waals surface area contributed by atoms with Gasteiger partial charge in [0.1, 0.15) is 0 Å². The zero-order valence-corrected chi connectivity index (χ0v) is 10.0. The molecule has 0 amide bonds. The van der Waals surface area contributed by atoms with Crippen molar-refractivity contribution < 1.29 is 9.53 Å². The fraction of sp³-hybridized carbons (Fsp3) is 0.909. The number of hydrogen-bond donors (Lipinski definition) is 0. The number of likely N-dealkylation sites (tertiary alicyclic amines) is 1. The molecule has 0 saturated carbocycles. The second kappa shape index (κ2) is 6.08. The van der Waals surface area contributed by atoms with Gasteiger partial charge in [-0.05, 0) is 19.5 Å². The van der Waals surface area contributed by atoms with E-state index >= 15 is 0 Å². The molecule has 1 aliphatic rings. The average molecular weight is 214 g/mol. The number of carbonyl (C=O) groups excluding carboxylic acids is 1. The number of nitrogens with zero attached hydrogens (tertiary/aromatic N) is 2. The molecular formula is C11H22N2O2. The third-order valence-electron chi connectivity index (χ3n) is 3.16. The van der Waals surface area contributed by atoms with Crippen molar-refractivity contribution >= 4 is 5.97 Å². The van der Waals surface area contributed by atoms with Crippen molar-refractivity contribution in [3.05, 3.63) is 0 Å². The molecular weight excluding hydrogens is 192 g/mol. The molecule has 1 rings (SSSR count). The number of hydrogen-bond acceptors (Lipinski definition) is 4. The van der Waals surface area contributed by atoms with Crippen LogP contribution in [0.15, 0.2) is 0 Å². The maximum Gasteiger partial charge on any atom is 0.319 e. The first-order chi connectivity index (χ1) is 7.21. The van der Waals surface area contributed by atoms with Crippen LogP contribution in [0.5, 0.6) is 0 Å². The lowest BCUT2D eigenvalue weighted by Gasteiger charge is -2.25. The van der Waals surface area contributed by atoms with Crippen LogP contribution in [0.1, 0.15) is 20.3 Å². The predicted octanol–water partition coefficient (Wildman–Crippen LogP) is 0.575. The standard InChI is InChI=1S/C11H22N2O2/c1-4-13(5-2)10-6-7-12(8-10)9-11(14)15-3/h10H,4-9H2,1-3H3. The molecule has 1 atom stereocenters. The summed E-state index contributed by atoms with van der Waals surface area (Å²) in [5, 5.41) is 0. The van der Waals surface area contributed by atoms with Crippen LogP contribution in [0.3, 0.4) is 0 Å². The largest absolute Gasteiger partial charge is 0.468 e. The Morgan fingerprint density at radius 2 is 2.13 bits per heavy atom. The maximum atomic E-state index is 11.1. The van der Waals surface area contributed by atoms with Crippen molar-refractivity contribution in [2.75, 3.05) is 39.8 Å².